The van der Waals surface area contributed by atoms with E-state index in [1.54, 1.807) is 0 Å². The van der Waals surface area contributed by atoms with E-state index in [4.69, 9.17) is 0 Å². The van der Waals surface area contributed by atoms with Crippen molar-refractivity contribution in [2.24, 2.45) is 0 Å². The third-order valence-electron chi connectivity index (χ3n) is 2.45. The Bertz CT molecular complexity index is 264. The van der Waals surface area contributed by atoms with Crippen molar-refractivity contribution in [2.75, 3.05) is 11.5 Å². The highest BCUT2D eigenvalue weighted by Crippen LogP contribution is 2.45. The zero-order valence-corrected chi connectivity index (χ0v) is 13.7. The minimum absolute atomic E-state index is 0.245. The Hall–Kier alpha value is 0.477. The fraction of sp³-hybridized carbons (Fsp3) is 0.846. The van der Waals surface area contributed by atoms with Crippen LogP contribution in [0.15, 0.2) is 0 Å². The Labute approximate surface area is 111 Å². The van der Waals surface area contributed by atoms with E-state index in [1.807, 2.05) is 0 Å². The summed E-state index contributed by atoms with van der Waals surface area (Å²) in [5, 5.41) is 0. The van der Waals surface area contributed by atoms with E-state index in [0.29, 0.717) is 0 Å². The molecule has 1 fully saturated rings. The second-order valence-corrected chi connectivity index (χ2v) is 13.2. The quantitative estimate of drug-likeness (QED) is 0.543. The van der Waals surface area contributed by atoms with E-state index in [2.05, 4.69) is 61.6 Å². The summed E-state index contributed by atoms with van der Waals surface area (Å²) < 4.78 is 0.245. The molecule has 0 unspecified atom stereocenters. The van der Waals surface area contributed by atoms with Crippen molar-refractivity contribution in [1.29, 1.82) is 0 Å². The fourth-order valence-corrected chi connectivity index (χ4v) is 5.39. The van der Waals surface area contributed by atoms with E-state index in [9.17, 15) is 0 Å². The van der Waals surface area contributed by atoms with Crippen molar-refractivity contribution in [3.05, 3.63) is 0 Å². The molecule has 1 aliphatic rings. The van der Waals surface area contributed by atoms with Crippen LogP contribution in [0.5, 0.6) is 0 Å². The van der Waals surface area contributed by atoms with Crippen LogP contribution in [-0.2, 0) is 0 Å². The van der Waals surface area contributed by atoms with Crippen molar-refractivity contribution in [2.45, 2.75) is 56.3 Å². The molecule has 0 N–H and O–H groups in total. The van der Waals surface area contributed by atoms with E-state index in [0.717, 1.165) is 0 Å². The van der Waals surface area contributed by atoms with Crippen LogP contribution in [0.25, 0.3) is 0 Å². The fourth-order valence-electron chi connectivity index (χ4n) is 1.55. The van der Waals surface area contributed by atoms with Crippen molar-refractivity contribution >= 4 is 31.6 Å². The van der Waals surface area contributed by atoms with Gasteiger partial charge in [0, 0.05) is 0 Å². The molecule has 0 aliphatic carbocycles. The Morgan fingerprint density at radius 1 is 1.19 bits per heavy atom. The van der Waals surface area contributed by atoms with Gasteiger partial charge in [0.25, 0.3) is 0 Å². The molecular formula is C13H24S2Si. The molecular weight excluding hydrogens is 248 g/mol. The van der Waals surface area contributed by atoms with Gasteiger partial charge in [-0.25, -0.2) is 0 Å². The summed E-state index contributed by atoms with van der Waals surface area (Å²) in [7, 11) is -1.22. The van der Waals surface area contributed by atoms with Crippen LogP contribution in [0.1, 0.15) is 32.6 Å². The molecule has 0 bridgehead atoms. The molecule has 0 spiro atoms. The van der Waals surface area contributed by atoms with Crippen LogP contribution in [0.2, 0.25) is 19.6 Å². The Morgan fingerprint density at radius 2 is 1.81 bits per heavy atom. The molecule has 0 amide bonds. The molecule has 1 heterocycles. The van der Waals surface area contributed by atoms with E-state index in [1.165, 1.54) is 37.2 Å². The minimum atomic E-state index is -1.22. The van der Waals surface area contributed by atoms with E-state index < -0.39 is 8.07 Å². The number of hydrogen-bond donors (Lipinski definition) is 0. The third-order valence-corrected chi connectivity index (χ3v) is 6.56. The highest BCUT2D eigenvalue weighted by molar-refractivity contribution is 8.19. The lowest BCUT2D eigenvalue weighted by Crippen LogP contribution is -2.25. The summed E-state index contributed by atoms with van der Waals surface area (Å²) in [5.74, 6) is 6.25. The first kappa shape index (κ1) is 14.5. The highest BCUT2D eigenvalue weighted by atomic mass is 32.2. The van der Waals surface area contributed by atoms with Gasteiger partial charge in [0.15, 0.2) is 0 Å². The zero-order chi connectivity index (χ0) is 12.1. The molecule has 0 aromatic heterocycles. The molecule has 1 saturated heterocycles. The maximum atomic E-state index is 3.65. The molecule has 0 saturated carbocycles. The largest absolute Gasteiger partial charge is 0.131 e. The normalized spacial score (nSPS) is 20.0. The number of hydrogen-bond acceptors (Lipinski definition) is 2. The van der Waals surface area contributed by atoms with Gasteiger partial charge in [0.05, 0.1) is 0 Å². The Kier molecular flexibility index (Phi) is 5.83. The predicted octanol–water partition coefficient (Wildman–Crippen LogP) is 4.62. The first-order valence-corrected chi connectivity index (χ1v) is 11.8. The smallest absolute Gasteiger partial charge is 0.129 e. The van der Waals surface area contributed by atoms with Crippen molar-refractivity contribution < 1.29 is 0 Å². The van der Waals surface area contributed by atoms with E-state index >= 15 is 0 Å². The van der Waals surface area contributed by atoms with Crippen LogP contribution in [0.4, 0.5) is 0 Å². The monoisotopic (exact) mass is 272 g/mol. The average Bonchev–Trinajstić information content (AvgIpc) is 2.24. The standard InChI is InChI=1S/C13H24S2Si/c1-5-6-8-13(9-12-16(2,3)4)14-10-7-11-15-13/h5-8,10-11H2,1-4H3. The number of rotatable bonds is 3. The topological polar surface area (TPSA) is 0 Å². The molecule has 16 heavy (non-hydrogen) atoms. The minimum Gasteiger partial charge on any atom is -0.131 e. The van der Waals surface area contributed by atoms with Gasteiger partial charge in [-0.1, -0.05) is 45.3 Å². The summed E-state index contributed by atoms with van der Waals surface area (Å²) in [6.45, 7) is 9.29. The summed E-state index contributed by atoms with van der Waals surface area (Å²) in [5.41, 5.74) is 3.59. The molecule has 1 aliphatic heterocycles. The zero-order valence-electron chi connectivity index (χ0n) is 11.1. The maximum absolute atomic E-state index is 3.65. The molecule has 0 radical (unpaired) electrons. The Balaban J connectivity index is 2.72. The number of unbranched alkanes of at least 4 members (excludes halogenated alkanes) is 1. The summed E-state index contributed by atoms with van der Waals surface area (Å²) >= 11 is 4.21. The average molecular weight is 273 g/mol. The molecule has 1 rings (SSSR count). The Morgan fingerprint density at radius 3 is 2.31 bits per heavy atom. The summed E-state index contributed by atoms with van der Waals surface area (Å²) in [6, 6.07) is 0. The van der Waals surface area contributed by atoms with Gasteiger partial charge in [-0.3, -0.25) is 0 Å². The van der Waals surface area contributed by atoms with Gasteiger partial charge in [0.2, 0.25) is 0 Å². The lowest BCUT2D eigenvalue weighted by Gasteiger charge is -2.31. The molecule has 92 valence electrons. The van der Waals surface area contributed by atoms with Gasteiger partial charge < -0.3 is 0 Å². The lowest BCUT2D eigenvalue weighted by atomic mass is 10.2. The van der Waals surface area contributed by atoms with Crippen LogP contribution in [-0.4, -0.2) is 23.7 Å². The molecule has 0 nitrogen and oxygen atoms in total. The first-order chi connectivity index (χ1) is 7.47. The van der Waals surface area contributed by atoms with Crippen molar-refractivity contribution in [3.63, 3.8) is 0 Å². The highest BCUT2D eigenvalue weighted by Gasteiger charge is 2.31. The number of thioether (sulfide) groups is 2. The first-order valence-electron chi connectivity index (χ1n) is 6.30. The van der Waals surface area contributed by atoms with Gasteiger partial charge in [-0.15, -0.1) is 29.1 Å². The van der Waals surface area contributed by atoms with Crippen molar-refractivity contribution in [1.82, 2.24) is 0 Å². The maximum Gasteiger partial charge on any atom is 0.129 e. The van der Waals surface area contributed by atoms with Crippen LogP contribution in [0, 0.1) is 11.5 Å². The SMILES string of the molecule is CCCCC1(C#C[Si](C)(C)C)SCCCS1. The molecule has 0 atom stereocenters. The summed E-state index contributed by atoms with van der Waals surface area (Å²) in [4.78, 5) is 0. The van der Waals surface area contributed by atoms with Gasteiger partial charge >= 0.3 is 0 Å². The molecule has 0 aromatic rings. The van der Waals surface area contributed by atoms with Gasteiger partial charge in [0.1, 0.15) is 12.2 Å². The van der Waals surface area contributed by atoms with Crippen LogP contribution < -0.4 is 0 Å². The van der Waals surface area contributed by atoms with Gasteiger partial charge in [-0.2, -0.15) is 0 Å². The van der Waals surface area contributed by atoms with E-state index in [-0.39, 0.29) is 4.08 Å². The van der Waals surface area contributed by atoms with Crippen LogP contribution in [0.3, 0.4) is 0 Å². The van der Waals surface area contributed by atoms with Crippen molar-refractivity contribution in [3.8, 4) is 11.5 Å². The predicted molar refractivity (Wildman–Crippen MR) is 82.9 cm³/mol. The molecule has 0 aromatic carbocycles. The van der Waals surface area contributed by atoms with Crippen LogP contribution >= 0.6 is 23.5 Å². The second-order valence-electron chi connectivity index (χ2n) is 5.41. The molecule has 3 heteroatoms. The van der Waals surface area contributed by atoms with Gasteiger partial charge in [-0.05, 0) is 24.3 Å². The third kappa shape index (κ3) is 5.20. The second kappa shape index (κ2) is 6.42. The lowest BCUT2D eigenvalue weighted by molar-refractivity contribution is 0.721. The summed E-state index contributed by atoms with van der Waals surface area (Å²) in [6.07, 6.45) is 5.24.